The predicted molar refractivity (Wildman–Crippen MR) is 129 cm³/mol. The van der Waals surface area contributed by atoms with E-state index in [0.29, 0.717) is 22.5 Å². The van der Waals surface area contributed by atoms with Crippen LogP contribution in [-0.2, 0) is 19.9 Å². The van der Waals surface area contributed by atoms with Gasteiger partial charge in [0.15, 0.2) is 6.61 Å². The number of ether oxygens (including phenoxy) is 1. The molecular weight excluding hydrogens is 430 g/mol. The average Bonchev–Trinajstić information content (AvgIpc) is 3.16. The number of aliphatic hydroxyl groups is 1. The van der Waals surface area contributed by atoms with E-state index >= 15 is 0 Å². The molecule has 0 radical (unpaired) electrons. The molecule has 0 aliphatic carbocycles. The third kappa shape index (κ3) is 4.46. The maximum absolute atomic E-state index is 13.1. The second kappa shape index (κ2) is 9.72. The molecule has 0 saturated heterocycles. The van der Waals surface area contributed by atoms with E-state index in [1.807, 2.05) is 37.3 Å². The number of benzene rings is 3. The van der Waals surface area contributed by atoms with E-state index < -0.39 is 24.1 Å². The van der Waals surface area contributed by atoms with E-state index in [0.717, 1.165) is 11.4 Å². The van der Waals surface area contributed by atoms with Gasteiger partial charge in [0, 0.05) is 0 Å². The summed E-state index contributed by atoms with van der Waals surface area (Å²) in [6.07, 6.45) is 0. The van der Waals surface area contributed by atoms with Gasteiger partial charge >= 0.3 is 5.97 Å². The molecule has 1 amide bonds. The van der Waals surface area contributed by atoms with Crippen LogP contribution in [0.4, 0.5) is 5.69 Å². The Morgan fingerprint density at radius 1 is 0.882 bits per heavy atom. The molecule has 2 N–H and O–H groups in total. The Morgan fingerprint density at radius 2 is 1.38 bits per heavy atom. The fraction of sp³-hybridized carbons (Fsp3) is 0.148. The first kappa shape index (κ1) is 22.9. The number of amides is 1. The van der Waals surface area contributed by atoms with Crippen LogP contribution in [0, 0.1) is 13.8 Å². The Balaban J connectivity index is 1.50. The molecule has 34 heavy (non-hydrogen) atoms. The third-order valence-corrected chi connectivity index (χ3v) is 5.57. The first-order chi connectivity index (χ1) is 16.4. The fourth-order valence-corrected chi connectivity index (χ4v) is 3.82. The van der Waals surface area contributed by atoms with Gasteiger partial charge in [-0.05, 0) is 37.1 Å². The number of para-hydroxylation sites is 1. The lowest BCUT2D eigenvalue weighted by atomic mass is 9.86. The summed E-state index contributed by atoms with van der Waals surface area (Å²) >= 11 is 0. The highest BCUT2D eigenvalue weighted by atomic mass is 16.6. The Kier molecular flexibility index (Phi) is 6.56. The lowest BCUT2D eigenvalue weighted by molar-refractivity contribution is -0.163. The number of carbonyl (C=O) groups excluding carboxylic acids is 2. The molecule has 7 heteroatoms. The topological polar surface area (TPSA) is 93.5 Å². The van der Waals surface area contributed by atoms with E-state index in [9.17, 15) is 14.7 Å². The Labute approximate surface area is 197 Å². The van der Waals surface area contributed by atoms with Gasteiger partial charge in [0.05, 0.1) is 22.8 Å². The van der Waals surface area contributed by atoms with Crippen LogP contribution in [0.2, 0.25) is 0 Å². The van der Waals surface area contributed by atoms with Gasteiger partial charge in [-0.2, -0.15) is 5.10 Å². The van der Waals surface area contributed by atoms with E-state index in [1.54, 1.807) is 72.3 Å². The number of nitrogens with one attached hydrogen (secondary N) is 1. The number of carbonyl (C=O) groups is 2. The molecule has 0 bridgehead atoms. The molecule has 1 heterocycles. The van der Waals surface area contributed by atoms with Crippen LogP contribution >= 0.6 is 0 Å². The Bertz CT molecular complexity index is 1250. The van der Waals surface area contributed by atoms with Crippen LogP contribution in [0.1, 0.15) is 22.5 Å². The number of hydrogen-bond acceptors (Lipinski definition) is 5. The molecular formula is C27H25N3O4. The van der Waals surface area contributed by atoms with Crippen LogP contribution in [0.25, 0.3) is 5.69 Å². The summed E-state index contributed by atoms with van der Waals surface area (Å²) in [4.78, 5) is 25.7. The molecule has 0 unspecified atom stereocenters. The quantitative estimate of drug-likeness (QED) is 0.412. The van der Waals surface area contributed by atoms with Crippen molar-refractivity contribution in [2.45, 2.75) is 19.4 Å². The maximum atomic E-state index is 13.1. The number of nitrogens with zero attached hydrogens (tertiary/aromatic N) is 2. The number of rotatable bonds is 7. The second-order valence-electron chi connectivity index (χ2n) is 7.86. The first-order valence-corrected chi connectivity index (χ1v) is 10.8. The highest BCUT2D eigenvalue weighted by Crippen LogP contribution is 2.31. The molecule has 0 aliphatic heterocycles. The minimum Gasteiger partial charge on any atom is -0.453 e. The Hall–Kier alpha value is -4.23. The highest BCUT2D eigenvalue weighted by molar-refractivity contribution is 5.95. The molecule has 1 aromatic heterocycles. The second-order valence-corrected chi connectivity index (χ2v) is 7.86. The standard InChI is InChI=1S/C27H25N3O4/c1-19-25(20(2)30(29-19)23-16-10-5-11-17-23)28-24(31)18-34-26(32)27(33,21-12-6-3-7-13-21)22-14-8-4-9-15-22/h3-17,33H,18H2,1-2H3,(H,28,31). The van der Waals surface area contributed by atoms with Crippen molar-refractivity contribution in [3.63, 3.8) is 0 Å². The van der Waals surface area contributed by atoms with Crippen molar-refractivity contribution in [2.24, 2.45) is 0 Å². The molecule has 0 spiro atoms. The maximum Gasteiger partial charge on any atom is 0.348 e. The van der Waals surface area contributed by atoms with Crippen LogP contribution < -0.4 is 5.32 Å². The van der Waals surface area contributed by atoms with Gasteiger partial charge in [-0.15, -0.1) is 0 Å². The third-order valence-electron chi connectivity index (χ3n) is 5.57. The van der Waals surface area contributed by atoms with E-state index in [4.69, 9.17) is 4.74 Å². The molecule has 0 aliphatic rings. The summed E-state index contributed by atoms with van der Waals surface area (Å²) in [5.74, 6) is -1.47. The minimum atomic E-state index is -2.05. The number of esters is 1. The lowest BCUT2D eigenvalue weighted by Crippen LogP contribution is -2.39. The summed E-state index contributed by atoms with van der Waals surface area (Å²) in [7, 11) is 0. The van der Waals surface area contributed by atoms with Crippen molar-refractivity contribution < 1.29 is 19.4 Å². The average molecular weight is 456 g/mol. The number of aryl methyl sites for hydroxylation is 1. The van der Waals surface area contributed by atoms with Gasteiger partial charge in [0.25, 0.3) is 5.91 Å². The summed E-state index contributed by atoms with van der Waals surface area (Å²) in [5.41, 5.74) is 1.44. The lowest BCUT2D eigenvalue weighted by Gasteiger charge is -2.26. The number of anilines is 1. The van der Waals surface area contributed by atoms with Crippen molar-refractivity contribution in [2.75, 3.05) is 11.9 Å². The van der Waals surface area contributed by atoms with E-state index in [-0.39, 0.29) is 0 Å². The zero-order valence-electron chi connectivity index (χ0n) is 18.9. The fourth-order valence-electron chi connectivity index (χ4n) is 3.82. The summed E-state index contributed by atoms with van der Waals surface area (Å²) in [6.45, 7) is 3.08. The van der Waals surface area contributed by atoms with Gasteiger partial charge in [-0.3, -0.25) is 4.79 Å². The van der Waals surface area contributed by atoms with Crippen LogP contribution in [0.15, 0.2) is 91.0 Å². The molecule has 0 fully saturated rings. The minimum absolute atomic E-state index is 0.349. The first-order valence-electron chi connectivity index (χ1n) is 10.8. The molecule has 3 aromatic carbocycles. The van der Waals surface area contributed by atoms with Crippen molar-refractivity contribution >= 4 is 17.6 Å². The molecule has 0 saturated carbocycles. The van der Waals surface area contributed by atoms with Gasteiger partial charge in [0.1, 0.15) is 0 Å². The predicted octanol–water partition coefficient (Wildman–Crippen LogP) is 3.91. The van der Waals surface area contributed by atoms with Gasteiger partial charge in [-0.25, -0.2) is 9.48 Å². The summed E-state index contributed by atoms with van der Waals surface area (Å²) in [6, 6.07) is 26.6. The van der Waals surface area contributed by atoms with E-state index in [2.05, 4.69) is 10.4 Å². The summed E-state index contributed by atoms with van der Waals surface area (Å²) in [5, 5.41) is 18.7. The van der Waals surface area contributed by atoms with Crippen molar-refractivity contribution in [1.82, 2.24) is 9.78 Å². The highest BCUT2D eigenvalue weighted by Gasteiger charge is 2.41. The molecule has 0 atom stereocenters. The smallest absolute Gasteiger partial charge is 0.348 e. The zero-order valence-corrected chi connectivity index (χ0v) is 18.9. The Morgan fingerprint density at radius 3 is 1.91 bits per heavy atom. The normalized spacial score (nSPS) is 11.1. The molecule has 4 rings (SSSR count). The van der Waals surface area contributed by atoms with Crippen LogP contribution in [-0.4, -0.2) is 33.4 Å². The SMILES string of the molecule is Cc1nn(-c2ccccc2)c(C)c1NC(=O)COC(=O)C(O)(c1ccccc1)c1ccccc1. The monoisotopic (exact) mass is 455 g/mol. The molecule has 4 aromatic rings. The van der Waals surface area contributed by atoms with Crippen molar-refractivity contribution in [3.8, 4) is 5.69 Å². The van der Waals surface area contributed by atoms with Crippen molar-refractivity contribution in [3.05, 3.63) is 114 Å². The molecule has 172 valence electrons. The zero-order chi connectivity index (χ0) is 24.1. The van der Waals surface area contributed by atoms with Crippen LogP contribution in [0.5, 0.6) is 0 Å². The van der Waals surface area contributed by atoms with Gasteiger partial charge in [0.2, 0.25) is 5.60 Å². The van der Waals surface area contributed by atoms with Gasteiger partial charge < -0.3 is 15.2 Å². The molecule has 7 nitrogen and oxygen atoms in total. The number of aromatic nitrogens is 2. The summed E-state index contributed by atoms with van der Waals surface area (Å²) < 4.78 is 7.03. The van der Waals surface area contributed by atoms with Crippen LogP contribution in [0.3, 0.4) is 0 Å². The number of hydrogen-bond donors (Lipinski definition) is 2. The van der Waals surface area contributed by atoms with Gasteiger partial charge in [-0.1, -0.05) is 78.9 Å². The van der Waals surface area contributed by atoms with Crippen molar-refractivity contribution in [1.29, 1.82) is 0 Å². The largest absolute Gasteiger partial charge is 0.453 e. The van der Waals surface area contributed by atoms with E-state index in [1.165, 1.54) is 0 Å².